The third-order valence-corrected chi connectivity index (χ3v) is 2.52. The van der Waals surface area contributed by atoms with Crippen molar-refractivity contribution in [2.45, 2.75) is 27.2 Å². The highest BCUT2D eigenvalue weighted by Gasteiger charge is 2.01. The monoisotopic (exact) mass is 194 g/mol. The van der Waals surface area contributed by atoms with Crippen LogP contribution in [-0.2, 0) is 11.2 Å². The highest BCUT2D eigenvalue weighted by Crippen LogP contribution is 2.13. The lowest BCUT2D eigenvalue weighted by atomic mass is 10.1. The minimum atomic E-state index is 0.192. The quantitative estimate of drug-likeness (QED) is 0.676. The molecule has 2 heteroatoms. The van der Waals surface area contributed by atoms with Gasteiger partial charge in [0, 0.05) is 11.3 Å². The van der Waals surface area contributed by atoms with Crippen LogP contribution in [0.15, 0.2) is 23.1 Å². The van der Waals surface area contributed by atoms with Crippen LogP contribution in [0.25, 0.3) is 0 Å². The van der Waals surface area contributed by atoms with Gasteiger partial charge in [-0.25, -0.2) is 0 Å². The van der Waals surface area contributed by atoms with Crippen molar-refractivity contribution in [2.75, 3.05) is 0 Å². The molecule has 1 aromatic rings. The van der Waals surface area contributed by atoms with E-state index in [1.54, 1.807) is 17.4 Å². The van der Waals surface area contributed by atoms with Crippen molar-refractivity contribution in [1.82, 2.24) is 0 Å². The molecule has 0 aromatic carbocycles. The van der Waals surface area contributed by atoms with Gasteiger partial charge in [-0.05, 0) is 43.9 Å². The van der Waals surface area contributed by atoms with Crippen LogP contribution in [0.5, 0.6) is 0 Å². The molecule has 1 heterocycles. The van der Waals surface area contributed by atoms with E-state index in [-0.39, 0.29) is 5.78 Å². The molecule has 1 aromatic heterocycles. The largest absolute Gasteiger partial charge is 0.294 e. The standard InChI is InChI=1S/C11H14OS/c1-8(2)4-11(12)6-10-5-9(3)13-7-10/h4-5,7H,6H2,1-3H3. The highest BCUT2D eigenvalue weighted by atomic mass is 32.1. The lowest BCUT2D eigenvalue weighted by Crippen LogP contribution is -1.97. The molecule has 0 saturated carbocycles. The van der Waals surface area contributed by atoms with Crippen LogP contribution in [0.3, 0.4) is 0 Å². The lowest BCUT2D eigenvalue weighted by molar-refractivity contribution is -0.114. The van der Waals surface area contributed by atoms with Gasteiger partial charge in [0.25, 0.3) is 0 Å². The van der Waals surface area contributed by atoms with Crippen LogP contribution < -0.4 is 0 Å². The fourth-order valence-corrected chi connectivity index (χ4v) is 1.87. The summed E-state index contributed by atoms with van der Waals surface area (Å²) in [7, 11) is 0. The summed E-state index contributed by atoms with van der Waals surface area (Å²) in [5.41, 5.74) is 2.20. The van der Waals surface area contributed by atoms with E-state index in [2.05, 4.69) is 13.0 Å². The van der Waals surface area contributed by atoms with Gasteiger partial charge in [0.2, 0.25) is 0 Å². The molecular formula is C11H14OS. The second-order valence-electron chi connectivity index (χ2n) is 3.43. The van der Waals surface area contributed by atoms with E-state index in [1.807, 2.05) is 19.2 Å². The Balaban J connectivity index is 2.60. The van der Waals surface area contributed by atoms with Gasteiger partial charge in [0.1, 0.15) is 0 Å². The number of carbonyl (C=O) groups excluding carboxylic acids is 1. The number of hydrogen-bond acceptors (Lipinski definition) is 2. The van der Waals surface area contributed by atoms with Crippen molar-refractivity contribution < 1.29 is 4.79 Å². The molecule has 1 nitrogen and oxygen atoms in total. The predicted octanol–water partition coefficient (Wildman–Crippen LogP) is 3.13. The number of carbonyl (C=O) groups is 1. The normalized spacial score (nSPS) is 9.77. The summed E-state index contributed by atoms with van der Waals surface area (Å²) < 4.78 is 0. The smallest absolute Gasteiger partial charge is 0.160 e. The third kappa shape index (κ3) is 3.55. The van der Waals surface area contributed by atoms with E-state index in [4.69, 9.17) is 0 Å². The molecule has 0 atom stereocenters. The van der Waals surface area contributed by atoms with E-state index in [0.29, 0.717) is 6.42 Å². The number of thiophene rings is 1. The van der Waals surface area contributed by atoms with Gasteiger partial charge < -0.3 is 0 Å². The second kappa shape index (κ2) is 4.38. The van der Waals surface area contributed by atoms with Crippen LogP contribution in [0.2, 0.25) is 0 Å². The van der Waals surface area contributed by atoms with Gasteiger partial charge in [-0.1, -0.05) is 5.57 Å². The number of hydrogen-bond donors (Lipinski definition) is 0. The Kier molecular flexibility index (Phi) is 3.43. The molecule has 0 aliphatic carbocycles. The maximum atomic E-state index is 11.4. The van der Waals surface area contributed by atoms with E-state index in [0.717, 1.165) is 11.1 Å². The van der Waals surface area contributed by atoms with Gasteiger partial charge in [-0.3, -0.25) is 4.79 Å². The van der Waals surface area contributed by atoms with Crippen LogP contribution in [0.4, 0.5) is 0 Å². The zero-order valence-corrected chi connectivity index (χ0v) is 9.07. The lowest BCUT2D eigenvalue weighted by Gasteiger charge is -1.92. The van der Waals surface area contributed by atoms with Crippen molar-refractivity contribution in [3.8, 4) is 0 Å². The first-order chi connectivity index (χ1) is 6.08. The Hall–Kier alpha value is -0.890. The minimum absolute atomic E-state index is 0.192. The molecule has 0 unspecified atom stereocenters. The summed E-state index contributed by atoms with van der Waals surface area (Å²) in [5, 5.41) is 2.05. The molecule has 70 valence electrons. The molecule has 0 fully saturated rings. The SMILES string of the molecule is CC(C)=CC(=O)Cc1csc(C)c1. The Labute approximate surface area is 83.1 Å². The van der Waals surface area contributed by atoms with Crippen molar-refractivity contribution in [3.05, 3.63) is 33.5 Å². The molecule has 0 amide bonds. The molecule has 0 radical (unpaired) electrons. The maximum Gasteiger partial charge on any atom is 0.160 e. The zero-order valence-electron chi connectivity index (χ0n) is 8.26. The Morgan fingerprint density at radius 2 is 2.23 bits per heavy atom. The van der Waals surface area contributed by atoms with E-state index in [1.165, 1.54) is 4.88 Å². The van der Waals surface area contributed by atoms with E-state index >= 15 is 0 Å². The van der Waals surface area contributed by atoms with Crippen LogP contribution in [0.1, 0.15) is 24.3 Å². The van der Waals surface area contributed by atoms with Gasteiger partial charge in [-0.15, -0.1) is 11.3 Å². The summed E-state index contributed by atoms with van der Waals surface area (Å²) in [5.74, 6) is 0.192. The van der Waals surface area contributed by atoms with Crippen LogP contribution in [0, 0.1) is 6.92 Å². The molecule has 0 bridgehead atoms. The molecule has 0 aliphatic heterocycles. The van der Waals surface area contributed by atoms with E-state index < -0.39 is 0 Å². The second-order valence-corrected chi connectivity index (χ2v) is 4.55. The van der Waals surface area contributed by atoms with Crippen molar-refractivity contribution in [1.29, 1.82) is 0 Å². The molecule has 1 rings (SSSR count). The molecule has 0 N–H and O–H groups in total. The van der Waals surface area contributed by atoms with E-state index in [9.17, 15) is 4.79 Å². The Bertz CT molecular complexity index is 330. The fourth-order valence-electron chi connectivity index (χ4n) is 1.16. The molecular weight excluding hydrogens is 180 g/mol. The average molecular weight is 194 g/mol. The Morgan fingerprint density at radius 1 is 1.54 bits per heavy atom. The van der Waals surface area contributed by atoms with Crippen molar-refractivity contribution in [3.63, 3.8) is 0 Å². The number of rotatable bonds is 3. The molecule has 13 heavy (non-hydrogen) atoms. The summed E-state index contributed by atoms with van der Waals surface area (Å²) in [4.78, 5) is 12.6. The molecule has 0 spiro atoms. The molecule has 0 aliphatic rings. The van der Waals surface area contributed by atoms with Gasteiger partial charge in [0.05, 0.1) is 0 Å². The number of allylic oxidation sites excluding steroid dienone is 2. The average Bonchev–Trinajstić information content (AvgIpc) is 2.33. The van der Waals surface area contributed by atoms with Crippen molar-refractivity contribution in [2.24, 2.45) is 0 Å². The first-order valence-corrected chi connectivity index (χ1v) is 5.17. The minimum Gasteiger partial charge on any atom is -0.294 e. The number of aryl methyl sites for hydroxylation is 1. The van der Waals surface area contributed by atoms with Crippen LogP contribution in [-0.4, -0.2) is 5.78 Å². The molecule has 0 saturated heterocycles. The zero-order chi connectivity index (χ0) is 9.84. The summed E-state index contributed by atoms with van der Waals surface area (Å²) in [6.45, 7) is 5.94. The third-order valence-electron chi connectivity index (χ3n) is 1.61. The van der Waals surface area contributed by atoms with Gasteiger partial charge >= 0.3 is 0 Å². The first-order valence-electron chi connectivity index (χ1n) is 4.29. The summed E-state index contributed by atoms with van der Waals surface area (Å²) in [6, 6.07) is 2.07. The Morgan fingerprint density at radius 3 is 2.69 bits per heavy atom. The summed E-state index contributed by atoms with van der Waals surface area (Å²) >= 11 is 1.69. The topological polar surface area (TPSA) is 17.1 Å². The summed E-state index contributed by atoms with van der Waals surface area (Å²) in [6.07, 6.45) is 2.24. The predicted molar refractivity (Wildman–Crippen MR) is 57.2 cm³/mol. The number of ketones is 1. The van der Waals surface area contributed by atoms with Crippen LogP contribution >= 0.6 is 11.3 Å². The van der Waals surface area contributed by atoms with Crippen molar-refractivity contribution >= 4 is 17.1 Å². The van der Waals surface area contributed by atoms with Gasteiger partial charge in [0.15, 0.2) is 5.78 Å². The maximum absolute atomic E-state index is 11.4. The first kappa shape index (κ1) is 10.2. The fraction of sp³-hybridized carbons (Fsp3) is 0.364. The highest BCUT2D eigenvalue weighted by molar-refractivity contribution is 7.10. The van der Waals surface area contributed by atoms with Gasteiger partial charge in [-0.2, -0.15) is 0 Å².